The zero-order valence-corrected chi connectivity index (χ0v) is 17.7. The molecule has 9 heteroatoms. The predicted octanol–water partition coefficient (Wildman–Crippen LogP) is 2.51. The third kappa shape index (κ3) is 5.56. The Kier molecular flexibility index (Phi) is 6.69. The van der Waals surface area contributed by atoms with E-state index in [0.29, 0.717) is 23.3 Å². The molecule has 8 nitrogen and oxygen atoms in total. The average Bonchev–Trinajstić information content (AvgIpc) is 3.05. The fourth-order valence-electron chi connectivity index (χ4n) is 3.21. The topological polar surface area (TPSA) is 87.1 Å². The van der Waals surface area contributed by atoms with E-state index in [4.69, 9.17) is 0 Å². The number of aryl methyl sites for hydroxylation is 2. The highest BCUT2D eigenvalue weighted by atomic mass is 32.1. The van der Waals surface area contributed by atoms with Crippen LogP contribution in [0.4, 0.5) is 10.9 Å². The number of aromatic nitrogens is 4. The van der Waals surface area contributed by atoms with Crippen molar-refractivity contribution in [1.82, 2.24) is 30.0 Å². The number of carbonyl (C=O) groups excluding carboxylic acids is 1. The van der Waals surface area contributed by atoms with Crippen LogP contribution in [0.25, 0.3) is 0 Å². The summed E-state index contributed by atoms with van der Waals surface area (Å²) in [6, 6.07) is 1.96. The van der Waals surface area contributed by atoms with Crippen molar-refractivity contribution >= 4 is 28.2 Å². The molecule has 1 unspecified atom stereocenters. The molecule has 0 saturated carbocycles. The van der Waals surface area contributed by atoms with Gasteiger partial charge in [-0.3, -0.25) is 4.79 Å². The minimum Gasteiger partial charge on any atom is -0.339 e. The van der Waals surface area contributed by atoms with E-state index in [2.05, 4.69) is 25.5 Å². The van der Waals surface area contributed by atoms with Crippen LogP contribution in [0.3, 0.4) is 0 Å². The molecule has 2 aromatic heterocycles. The number of anilines is 2. The van der Waals surface area contributed by atoms with Crippen molar-refractivity contribution in [3.05, 3.63) is 34.7 Å². The molecule has 0 bridgehead atoms. The summed E-state index contributed by atoms with van der Waals surface area (Å²) in [6.45, 7) is 6.03. The summed E-state index contributed by atoms with van der Waals surface area (Å²) in [7, 11) is 3.97. The SMILES string of the molecule is Cc1nc(Nc2nnc(C)s2)cc(C2CCCN(C(=O)/C=C/CN(C)C)C2)n1. The molecule has 0 aliphatic carbocycles. The zero-order valence-electron chi connectivity index (χ0n) is 16.8. The van der Waals surface area contributed by atoms with E-state index in [-0.39, 0.29) is 11.8 Å². The molecule has 1 N–H and O–H groups in total. The first-order valence-corrected chi connectivity index (χ1v) is 10.3. The van der Waals surface area contributed by atoms with Crippen molar-refractivity contribution in [3.8, 4) is 0 Å². The van der Waals surface area contributed by atoms with Crippen molar-refractivity contribution in [1.29, 1.82) is 0 Å². The summed E-state index contributed by atoms with van der Waals surface area (Å²) in [5, 5.41) is 12.9. The lowest BCUT2D eigenvalue weighted by atomic mass is 9.94. The number of piperidine rings is 1. The number of rotatable bonds is 6. The van der Waals surface area contributed by atoms with Crippen LogP contribution in [-0.4, -0.2) is 69.6 Å². The second kappa shape index (κ2) is 9.20. The van der Waals surface area contributed by atoms with Gasteiger partial charge < -0.3 is 15.1 Å². The Morgan fingerprint density at radius 2 is 2.18 bits per heavy atom. The maximum absolute atomic E-state index is 12.5. The van der Waals surface area contributed by atoms with Crippen molar-refractivity contribution in [2.75, 3.05) is 39.0 Å². The second-order valence-corrected chi connectivity index (χ2v) is 8.45. The molecule has 1 atom stereocenters. The van der Waals surface area contributed by atoms with Gasteiger partial charge in [-0.15, -0.1) is 10.2 Å². The highest BCUT2D eigenvalue weighted by molar-refractivity contribution is 7.15. The van der Waals surface area contributed by atoms with Gasteiger partial charge in [0.15, 0.2) is 0 Å². The molecule has 1 amide bonds. The van der Waals surface area contributed by atoms with Crippen molar-refractivity contribution < 1.29 is 4.79 Å². The van der Waals surface area contributed by atoms with Gasteiger partial charge in [-0.1, -0.05) is 17.4 Å². The Balaban J connectivity index is 1.70. The third-order valence-electron chi connectivity index (χ3n) is 4.50. The van der Waals surface area contributed by atoms with E-state index in [1.54, 1.807) is 6.08 Å². The third-order valence-corrected chi connectivity index (χ3v) is 5.26. The van der Waals surface area contributed by atoms with Crippen molar-refractivity contribution in [2.24, 2.45) is 0 Å². The van der Waals surface area contributed by atoms with Crippen LogP contribution in [0.5, 0.6) is 0 Å². The summed E-state index contributed by atoms with van der Waals surface area (Å²) < 4.78 is 0. The molecule has 1 fully saturated rings. The highest BCUT2D eigenvalue weighted by Crippen LogP contribution is 2.28. The summed E-state index contributed by atoms with van der Waals surface area (Å²) in [4.78, 5) is 25.5. The summed E-state index contributed by atoms with van der Waals surface area (Å²) >= 11 is 1.49. The Labute approximate surface area is 169 Å². The fourth-order valence-corrected chi connectivity index (χ4v) is 3.81. The van der Waals surface area contributed by atoms with E-state index in [1.807, 2.05) is 49.9 Å². The first-order chi connectivity index (χ1) is 13.4. The van der Waals surface area contributed by atoms with E-state index in [1.165, 1.54) is 11.3 Å². The lowest BCUT2D eigenvalue weighted by Gasteiger charge is -2.32. The van der Waals surface area contributed by atoms with Crippen LogP contribution in [-0.2, 0) is 4.79 Å². The summed E-state index contributed by atoms with van der Waals surface area (Å²) in [5.74, 6) is 1.70. The quantitative estimate of drug-likeness (QED) is 0.744. The van der Waals surface area contributed by atoms with Gasteiger partial charge in [-0.05, 0) is 40.8 Å². The van der Waals surface area contributed by atoms with Gasteiger partial charge >= 0.3 is 0 Å². The van der Waals surface area contributed by atoms with E-state index in [0.717, 1.165) is 36.6 Å². The van der Waals surface area contributed by atoms with Gasteiger partial charge in [0.25, 0.3) is 0 Å². The number of hydrogen-bond donors (Lipinski definition) is 1. The molecule has 0 radical (unpaired) electrons. The number of nitrogens with one attached hydrogen (secondary N) is 1. The van der Waals surface area contributed by atoms with Gasteiger partial charge in [0.2, 0.25) is 11.0 Å². The van der Waals surface area contributed by atoms with Crippen LogP contribution in [0.1, 0.15) is 35.3 Å². The van der Waals surface area contributed by atoms with E-state index in [9.17, 15) is 4.79 Å². The lowest BCUT2D eigenvalue weighted by Crippen LogP contribution is -2.38. The number of likely N-dealkylation sites (N-methyl/N-ethyl adjacent to an activating group) is 1. The zero-order chi connectivity index (χ0) is 20.1. The average molecular weight is 402 g/mol. The first-order valence-electron chi connectivity index (χ1n) is 9.43. The van der Waals surface area contributed by atoms with Crippen LogP contribution < -0.4 is 5.32 Å². The number of carbonyl (C=O) groups is 1. The van der Waals surface area contributed by atoms with Gasteiger partial charge in [0.05, 0.1) is 5.69 Å². The maximum Gasteiger partial charge on any atom is 0.246 e. The second-order valence-electron chi connectivity index (χ2n) is 7.26. The van der Waals surface area contributed by atoms with Crippen LogP contribution >= 0.6 is 11.3 Å². The molecule has 3 heterocycles. The van der Waals surface area contributed by atoms with Crippen LogP contribution in [0.15, 0.2) is 18.2 Å². The number of likely N-dealkylation sites (tertiary alicyclic amines) is 1. The van der Waals surface area contributed by atoms with Crippen LogP contribution in [0.2, 0.25) is 0 Å². The number of nitrogens with zero attached hydrogens (tertiary/aromatic N) is 6. The number of hydrogen-bond acceptors (Lipinski definition) is 8. The smallest absolute Gasteiger partial charge is 0.246 e. The highest BCUT2D eigenvalue weighted by Gasteiger charge is 2.25. The Morgan fingerprint density at radius 1 is 1.36 bits per heavy atom. The van der Waals surface area contributed by atoms with Crippen molar-refractivity contribution in [3.63, 3.8) is 0 Å². The molecule has 1 aliphatic rings. The van der Waals surface area contributed by atoms with Crippen LogP contribution in [0, 0.1) is 13.8 Å². The molecule has 28 heavy (non-hydrogen) atoms. The largest absolute Gasteiger partial charge is 0.339 e. The molecule has 1 saturated heterocycles. The van der Waals surface area contributed by atoms with Gasteiger partial charge in [0, 0.05) is 37.7 Å². The number of amides is 1. The molecule has 1 aliphatic heterocycles. The standard InChI is InChI=1S/C19H27N7OS/c1-13-20-16(11-17(21-13)22-19-24-23-14(2)28-19)15-7-5-10-26(12-15)18(27)8-6-9-25(3)4/h6,8,11,15H,5,7,9-10,12H2,1-4H3,(H,20,21,22,24)/b8-6+. The fraction of sp³-hybridized carbons (Fsp3) is 0.526. The van der Waals surface area contributed by atoms with Gasteiger partial charge in [-0.25, -0.2) is 9.97 Å². The Hall–Kier alpha value is -2.39. The maximum atomic E-state index is 12.5. The summed E-state index contributed by atoms with van der Waals surface area (Å²) in [5.41, 5.74) is 0.964. The first kappa shape index (κ1) is 20.3. The molecule has 0 spiro atoms. The lowest BCUT2D eigenvalue weighted by molar-refractivity contribution is -0.127. The van der Waals surface area contributed by atoms with Gasteiger partial charge in [-0.2, -0.15) is 0 Å². The minimum absolute atomic E-state index is 0.0695. The molecule has 2 aromatic rings. The normalized spacial score (nSPS) is 17.5. The molecular weight excluding hydrogens is 374 g/mol. The molecule has 0 aromatic carbocycles. The Bertz CT molecular complexity index is 849. The van der Waals surface area contributed by atoms with E-state index < -0.39 is 0 Å². The monoisotopic (exact) mass is 401 g/mol. The molecule has 3 rings (SSSR count). The van der Waals surface area contributed by atoms with Gasteiger partial charge in [0.1, 0.15) is 16.6 Å². The minimum atomic E-state index is 0.0695. The molecule has 150 valence electrons. The van der Waals surface area contributed by atoms with Crippen molar-refractivity contribution in [2.45, 2.75) is 32.6 Å². The molecular formula is C19H27N7OS. The Morgan fingerprint density at radius 3 is 2.89 bits per heavy atom. The summed E-state index contributed by atoms with van der Waals surface area (Å²) in [6.07, 6.45) is 5.57. The predicted molar refractivity (Wildman–Crippen MR) is 111 cm³/mol. The van der Waals surface area contributed by atoms with E-state index >= 15 is 0 Å².